The van der Waals surface area contributed by atoms with Crippen molar-refractivity contribution in [3.63, 3.8) is 0 Å². The number of rotatable bonds is 7. The molecule has 146 valence electrons. The minimum atomic E-state index is -4.01. The summed E-state index contributed by atoms with van der Waals surface area (Å²) in [6.45, 7) is -1.29. The first kappa shape index (κ1) is 20.8. The van der Waals surface area contributed by atoms with Gasteiger partial charge in [-0.25, -0.2) is 12.8 Å². The summed E-state index contributed by atoms with van der Waals surface area (Å²) < 4.78 is 43.5. The smallest absolute Gasteiger partial charge is 0.321 e. The van der Waals surface area contributed by atoms with Crippen molar-refractivity contribution < 1.29 is 27.1 Å². The molecule has 1 aromatic carbocycles. The number of ether oxygens (including phenoxy) is 1. The molecule has 0 bridgehead atoms. The number of carbonyl (C=O) groups excluding carboxylic acids is 2. The van der Waals surface area contributed by atoms with Gasteiger partial charge in [0.15, 0.2) is 6.61 Å². The molecule has 1 aliphatic rings. The predicted octanol–water partition coefficient (Wildman–Crippen LogP) is 0.990. The summed E-state index contributed by atoms with van der Waals surface area (Å²) in [4.78, 5) is 23.4. The fourth-order valence-corrected chi connectivity index (χ4v) is 3.74. The first-order chi connectivity index (χ1) is 12.8. The van der Waals surface area contributed by atoms with Gasteiger partial charge in [0.1, 0.15) is 17.9 Å². The van der Waals surface area contributed by atoms with Crippen molar-refractivity contribution in [1.29, 1.82) is 5.26 Å². The second-order valence-corrected chi connectivity index (χ2v) is 8.01. The van der Waals surface area contributed by atoms with Crippen LogP contribution in [0.15, 0.2) is 29.2 Å². The Labute approximate surface area is 156 Å². The van der Waals surface area contributed by atoms with Gasteiger partial charge < -0.3 is 10.1 Å². The molecule has 0 aliphatic heterocycles. The van der Waals surface area contributed by atoms with Crippen LogP contribution in [-0.2, 0) is 24.3 Å². The molecule has 27 heavy (non-hydrogen) atoms. The highest BCUT2D eigenvalue weighted by Crippen LogP contribution is 2.27. The number of nitriles is 1. The van der Waals surface area contributed by atoms with Crippen LogP contribution in [0.4, 0.5) is 4.39 Å². The quantitative estimate of drug-likeness (QED) is 0.661. The van der Waals surface area contributed by atoms with E-state index in [4.69, 9.17) is 4.74 Å². The molecule has 1 aliphatic carbocycles. The van der Waals surface area contributed by atoms with Crippen molar-refractivity contribution in [3.8, 4) is 6.07 Å². The second kappa shape index (κ2) is 8.92. The molecule has 0 radical (unpaired) electrons. The van der Waals surface area contributed by atoms with Gasteiger partial charge in [0, 0.05) is 0 Å². The number of hydrogen-bond donors (Lipinski definition) is 2. The van der Waals surface area contributed by atoms with Crippen LogP contribution in [0.3, 0.4) is 0 Å². The topological polar surface area (TPSA) is 125 Å². The third kappa shape index (κ3) is 6.01. The standard InChI is InChI=1S/C17H20FN3O5S/c18-13-4-6-14(7-5-13)27(24,25)20-10-16(23)26-11-15(22)21-17(12-19)8-2-1-3-9-17/h4-7,20H,1-3,8-11H2,(H,21,22). The highest BCUT2D eigenvalue weighted by molar-refractivity contribution is 7.89. The Morgan fingerprint density at radius 3 is 2.41 bits per heavy atom. The fraction of sp³-hybridized carbons (Fsp3) is 0.471. The van der Waals surface area contributed by atoms with E-state index in [0.29, 0.717) is 12.8 Å². The zero-order valence-electron chi connectivity index (χ0n) is 14.5. The van der Waals surface area contributed by atoms with Gasteiger partial charge in [0.2, 0.25) is 10.0 Å². The molecule has 0 atom stereocenters. The number of esters is 1. The average molecular weight is 397 g/mol. The second-order valence-electron chi connectivity index (χ2n) is 6.24. The monoisotopic (exact) mass is 397 g/mol. The van der Waals surface area contributed by atoms with Crippen molar-refractivity contribution in [2.45, 2.75) is 42.5 Å². The van der Waals surface area contributed by atoms with Crippen LogP contribution < -0.4 is 10.0 Å². The summed E-state index contributed by atoms with van der Waals surface area (Å²) in [6.07, 6.45) is 3.75. The first-order valence-corrected chi connectivity index (χ1v) is 9.88. The Bertz CT molecular complexity index is 827. The molecule has 0 aromatic heterocycles. The number of carbonyl (C=O) groups is 2. The molecule has 8 nitrogen and oxygen atoms in total. The molecule has 0 heterocycles. The Balaban J connectivity index is 1.79. The molecule has 2 N–H and O–H groups in total. The van der Waals surface area contributed by atoms with Crippen molar-refractivity contribution in [2.24, 2.45) is 0 Å². The van der Waals surface area contributed by atoms with Crippen LogP contribution in [0.1, 0.15) is 32.1 Å². The number of halogens is 1. The van der Waals surface area contributed by atoms with Crippen LogP contribution in [0.25, 0.3) is 0 Å². The summed E-state index contributed by atoms with van der Waals surface area (Å²) in [5.74, 6) is -2.16. The molecule has 10 heteroatoms. The molecule has 1 saturated carbocycles. The largest absolute Gasteiger partial charge is 0.455 e. The molecule has 0 unspecified atom stereocenters. The Kier molecular flexibility index (Phi) is 6.87. The summed E-state index contributed by atoms with van der Waals surface area (Å²) >= 11 is 0. The maximum absolute atomic E-state index is 12.8. The van der Waals surface area contributed by atoms with Gasteiger partial charge in [0.05, 0.1) is 11.0 Å². The minimum absolute atomic E-state index is 0.206. The van der Waals surface area contributed by atoms with Crippen molar-refractivity contribution in [1.82, 2.24) is 10.0 Å². The van der Waals surface area contributed by atoms with E-state index in [-0.39, 0.29) is 4.90 Å². The molecular weight excluding hydrogens is 377 g/mol. The first-order valence-electron chi connectivity index (χ1n) is 8.39. The molecule has 1 fully saturated rings. The molecule has 0 spiro atoms. The zero-order chi connectivity index (χ0) is 19.9. The molecule has 2 rings (SSSR count). The van der Waals surface area contributed by atoms with E-state index in [1.165, 1.54) is 0 Å². The fourth-order valence-electron chi connectivity index (χ4n) is 2.77. The number of benzene rings is 1. The highest BCUT2D eigenvalue weighted by atomic mass is 32.2. The zero-order valence-corrected chi connectivity index (χ0v) is 15.4. The van der Waals surface area contributed by atoms with Crippen LogP contribution >= 0.6 is 0 Å². The maximum atomic E-state index is 12.8. The summed E-state index contributed by atoms with van der Waals surface area (Å²) in [7, 11) is -4.01. The van der Waals surface area contributed by atoms with Crippen molar-refractivity contribution in [2.75, 3.05) is 13.2 Å². The lowest BCUT2D eigenvalue weighted by Crippen LogP contribution is -2.50. The number of amides is 1. The van der Waals surface area contributed by atoms with Gasteiger partial charge in [-0.2, -0.15) is 9.98 Å². The number of sulfonamides is 1. The lowest BCUT2D eigenvalue weighted by atomic mass is 9.83. The van der Waals surface area contributed by atoms with Gasteiger partial charge >= 0.3 is 5.97 Å². The normalized spacial score (nSPS) is 16.1. The van der Waals surface area contributed by atoms with Crippen LogP contribution in [0.2, 0.25) is 0 Å². The molecule has 1 amide bonds. The number of hydrogen-bond acceptors (Lipinski definition) is 6. The van der Waals surface area contributed by atoms with Crippen molar-refractivity contribution >= 4 is 21.9 Å². The average Bonchev–Trinajstić information content (AvgIpc) is 2.66. The number of nitrogens with zero attached hydrogens (tertiary/aromatic N) is 1. The summed E-state index contributed by atoms with van der Waals surface area (Å²) in [5.41, 5.74) is -0.939. The van der Waals surface area contributed by atoms with E-state index in [1.54, 1.807) is 0 Å². The Morgan fingerprint density at radius 2 is 1.81 bits per heavy atom. The lowest BCUT2D eigenvalue weighted by Gasteiger charge is -2.31. The predicted molar refractivity (Wildman–Crippen MR) is 92.1 cm³/mol. The van der Waals surface area contributed by atoms with E-state index in [2.05, 4.69) is 11.4 Å². The molecular formula is C17H20FN3O5S. The third-order valence-corrected chi connectivity index (χ3v) is 5.61. The minimum Gasteiger partial charge on any atom is -0.455 e. The van der Waals surface area contributed by atoms with E-state index < -0.39 is 46.4 Å². The van der Waals surface area contributed by atoms with Gasteiger partial charge in [0.25, 0.3) is 5.91 Å². The van der Waals surface area contributed by atoms with Gasteiger partial charge in [-0.3, -0.25) is 9.59 Å². The summed E-state index contributed by atoms with van der Waals surface area (Å²) in [6, 6.07) is 6.19. The molecule has 1 aromatic rings. The third-order valence-electron chi connectivity index (χ3n) is 4.19. The Morgan fingerprint density at radius 1 is 1.19 bits per heavy atom. The van der Waals surface area contributed by atoms with Crippen molar-refractivity contribution in [3.05, 3.63) is 30.1 Å². The van der Waals surface area contributed by atoms with E-state index in [1.807, 2.05) is 4.72 Å². The SMILES string of the molecule is N#CC1(NC(=O)COC(=O)CNS(=O)(=O)c2ccc(F)cc2)CCCCC1. The maximum Gasteiger partial charge on any atom is 0.321 e. The van der Waals surface area contributed by atoms with Crippen LogP contribution in [0, 0.1) is 17.1 Å². The number of nitrogens with one attached hydrogen (secondary N) is 2. The van der Waals surface area contributed by atoms with E-state index in [9.17, 15) is 27.7 Å². The van der Waals surface area contributed by atoms with Gasteiger partial charge in [-0.15, -0.1) is 0 Å². The van der Waals surface area contributed by atoms with E-state index in [0.717, 1.165) is 43.5 Å². The van der Waals surface area contributed by atoms with Gasteiger partial charge in [-0.1, -0.05) is 19.3 Å². The Hall–Kier alpha value is -2.51. The van der Waals surface area contributed by atoms with Crippen LogP contribution in [-0.4, -0.2) is 39.0 Å². The molecule has 0 saturated heterocycles. The summed E-state index contributed by atoms with van der Waals surface area (Å²) in [5, 5.41) is 11.9. The lowest BCUT2D eigenvalue weighted by molar-refractivity contribution is -0.147. The highest BCUT2D eigenvalue weighted by Gasteiger charge is 2.33. The van der Waals surface area contributed by atoms with Gasteiger partial charge in [-0.05, 0) is 37.1 Å². The van der Waals surface area contributed by atoms with E-state index >= 15 is 0 Å². The van der Waals surface area contributed by atoms with Crippen LogP contribution in [0.5, 0.6) is 0 Å².